The summed E-state index contributed by atoms with van der Waals surface area (Å²) in [6.45, 7) is 0. The summed E-state index contributed by atoms with van der Waals surface area (Å²) < 4.78 is 26.8. The average Bonchev–Trinajstić information content (AvgIpc) is 2.73. The molecule has 0 heterocycles. The van der Waals surface area contributed by atoms with Gasteiger partial charge in [-0.25, -0.2) is 17.9 Å². The average molecular weight is 411 g/mol. The van der Waals surface area contributed by atoms with Gasteiger partial charge in [-0.3, -0.25) is 10.1 Å². The molecule has 0 saturated heterocycles. The molecular formula is C20H17N3O5S. The van der Waals surface area contributed by atoms with Gasteiger partial charge in [-0.1, -0.05) is 60.7 Å². The Kier molecular flexibility index (Phi) is 5.89. The molecule has 0 saturated carbocycles. The van der Waals surface area contributed by atoms with Crippen LogP contribution in [0, 0.1) is 10.1 Å². The van der Waals surface area contributed by atoms with Gasteiger partial charge in [0.25, 0.3) is 15.7 Å². The van der Waals surface area contributed by atoms with E-state index < -0.39 is 27.0 Å². The molecule has 0 bridgehead atoms. The highest BCUT2D eigenvalue weighted by molar-refractivity contribution is 7.90. The Balaban J connectivity index is 1.80. The molecule has 8 nitrogen and oxygen atoms in total. The number of hydrogen-bond donors (Lipinski definition) is 2. The molecule has 0 aliphatic rings. The van der Waals surface area contributed by atoms with Crippen LogP contribution in [0.3, 0.4) is 0 Å². The van der Waals surface area contributed by atoms with Gasteiger partial charge in [0, 0.05) is 12.1 Å². The van der Waals surface area contributed by atoms with Gasteiger partial charge in [0.1, 0.15) is 0 Å². The molecule has 2 N–H and O–H groups in total. The zero-order valence-electron chi connectivity index (χ0n) is 15.1. The van der Waals surface area contributed by atoms with E-state index in [1.54, 1.807) is 0 Å². The van der Waals surface area contributed by atoms with Gasteiger partial charge >= 0.3 is 6.03 Å². The highest BCUT2D eigenvalue weighted by Crippen LogP contribution is 2.22. The predicted octanol–water partition coefficient (Wildman–Crippen LogP) is 3.37. The van der Waals surface area contributed by atoms with E-state index >= 15 is 0 Å². The van der Waals surface area contributed by atoms with Crippen LogP contribution in [-0.4, -0.2) is 19.4 Å². The highest BCUT2D eigenvalue weighted by atomic mass is 32.2. The number of sulfonamides is 1. The minimum Gasteiger partial charge on any atom is -0.326 e. The number of nitro groups is 1. The first-order chi connectivity index (χ1) is 13.9. The van der Waals surface area contributed by atoms with Crippen molar-refractivity contribution in [2.75, 3.05) is 0 Å². The first-order valence-corrected chi connectivity index (χ1v) is 10.0. The maximum Gasteiger partial charge on any atom is 0.329 e. The van der Waals surface area contributed by atoms with Crippen LogP contribution in [0.25, 0.3) is 0 Å². The van der Waals surface area contributed by atoms with Gasteiger partial charge in [0.15, 0.2) is 0 Å². The van der Waals surface area contributed by atoms with Crippen molar-refractivity contribution in [2.45, 2.75) is 10.9 Å². The summed E-state index contributed by atoms with van der Waals surface area (Å²) in [7, 11) is -4.20. The zero-order chi connectivity index (χ0) is 20.9. The van der Waals surface area contributed by atoms with Crippen LogP contribution in [0.5, 0.6) is 0 Å². The molecule has 0 aromatic heterocycles. The maximum atomic E-state index is 12.5. The lowest BCUT2D eigenvalue weighted by Crippen LogP contribution is -2.41. The van der Waals surface area contributed by atoms with E-state index in [4.69, 9.17) is 0 Å². The van der Waals surface area contributed by atoms with E-state index in [9.17, 15) is 23.3 Å². The van der Waals surface area contributed by atoms with Crippen LogP contribution in [0.1, 0.15) is 17.2 Å². The molecule has 0 aliphatic carbocycles. The van der Waals surface area contributed by atoms with Crippen molar-refractivity contribution in [3.8, 4) is 0 Å². The Labute approximate surface area is 167 Å². The number of non-ortho nitro benzene ring substituents is 1. The summed E-state index contributed by atoms with van der Waals surface area (Å²) in [5, 5.41) is 13.4. The van der Waals surface area contributed by atoms with Gasteiger partial charge in [-0.05, 0) is 23.3 Å². The third kappa shape index (κ3) is 4.96. The first-order valence-electron chi connectivity index (χ1n) is 8.54. The van der Waals surface area contributed by atoms with E-state index in [0.29, 0.717) is 0 Å². The number of carbonyl (C=O) groups excluding carboxylic acids is 1. The van der Waals surface area contributed by atoms with Crippen molar-refractivity contribution in [1.82, 2.24) is 10.0 Å². The predicted molar refractivity (Wildman–Crippen MR) is 107 cm³/mol. The molecule has 0 fully saturated rings. The molecule has 0 radical (unpaired) electrons. The minimum atomic E-state index is -4.20. The minimum absolute atomic E-state index is 0.248. The fourth-order valence-electron chi connectivity index (χ4n) is 2.74. The van der Waals surface area contributed by atoms with Crippen LogP contribution in [0.2, 0.25) is 0 Å². The van der Waals surface area contributed by atoms with Crippen LogP contribution in [0.15, 0.2) is 89.8 Å². The van der Waals surface area contributed by atoms with Gasteiger partial charge in [0.2, 0.25) is 0 Å². The Bertz CT molecular complexity index is 1060. The molecule has 0 aliphatic heterocycles. The number of nitrogens with zero attached hydrogens (tertiary/aromatic N) is 1. The van der Waals surface area contributed by atoms with E-state index in [0.717, 1.165) is 35.4 Å². The number of carbonyl (C=O) groups is 1. The smallest absolute Gasteiger partial charge is 0.326 e. The normalized spacial score (nSPS) is 11.1. The Hall–Kier alpha value is -3.72. The molecule has 0 atom stereocenters. The Morgan fingerprint density at radius 3 is 1.76 bits per heavy atom. The van der Waals surface area contributed by atoms with E-state index in [2.05, 4.69) is 5.32 Å². The number of nitro benzene ring substituents is 1. The van der Waals surface area contributed by atoms with Crippen LogP contribution < -0.4 is 10.0 Å². The molecule has 29 heavy (non-hydrogen) atoms. The first kappa shape index (κ1) is 20.0. The maximum absolute atomic E-state index is 12.5. The fourth-order valence-corrected chi connectivity index (χ4v) is 3.65. The van der Waals surface area contributed by atoms with Crippen molar-refractivity contribution in [3.63, 3.8) is 0 Å². The summed E-state index contributed by atoms with van der Waals surface area (Å²) >= 11 is 0. The van der Waals surface area contributed by atoms with Crippen molar-refractivity contribution in [3.05, 3.63) is 106 Å². The molecule has 0 unspecified atom stereocenters. The summed E-state index contributed by atoms with van der Waals surface area (Å²) in [4.78, 5) is 22.3. The van der Waals surface area contributed by atoms with E-state index in [-0.39, 0.29) is 10.6 Å². The fraction of sp³-hybridized carbons (Fsp3) is 0.0500. The SMILES string of the molecule is O=C(NC(c1ccccc1)c1ccccc1)NS(=O)(=O)c1ccc([N+](=O)[O-])cc1. The summed E-state index contributed by atoms with van der Waals surface area (Å²) in [5.74, 6) is 0. The highest BCUT2D eigenvalue weighted by Gasteiger charge is 2.22. The van der Waals surface area contributed by atoms with Crippen molar-refractivity contribution in [2.24, 2.45) is 0 Å². The number of hydrogen-bond acceptors (Lipinski definition) is 5. The number of amides is 2. The lowest BCUT2D eigenvalue weighted by Gasteiger charge is -2.20. The van der Waals surface area contributed by atoms with Gasteiger partial charge in [-0.15, -0.1) is 0 Å². The molecule has 9 heteroatoms. The molecule has 148 valence electrons. The standard InChI is InChI=1S/C20H17N3O5S/c24-20(22-29(27,28)18-13-11-17(12-14-18)23(25)26)21-19(15-7-3-1-4-8-15)16-9-5-2-6-10-16/h1-14,19H,(H2,21,22,24). The quantitative estimate of drug-likeness (QED) is 0.476. The van der Waals surface area contributed by atoms with Crippen molar-refractivity contribution >= 4 is 21.7 Å². The van der Waals surface area contributed by atoms with Crippen LogP contribution in [0.4, 0.5) is 10.5 Å². The monoisotopic (exact) mass is 411 g/mol. The second-order valence-electron chi connectivity index (χ2n) is 6.08. The van der Waals surface area contributed by atoms with Gasteiger partial charge in [0.05, 0.1) is 15.9 Å². The molecule has 0 spiro atoms. The van der Waals surface area contributed by atoms with Crippen molar-refractivity contribution in [1.29, 1.82) is 0 Å². The Morgan fingerprint density at radius 2 is 1.31 bits per heavy atom. The van der Waals surface area contributed by atoms with Crippen molar-refractivity contribution < 1.29 is 18.1 Å². The van der Waals surface area contributed by atoms with E-state index in [1.807, 2.05) is 65.4 Å². The lowest BCUT2D eigenvalue weighted by atomic mass is 9.99. The zero-order valence-corrected chi connectivity index (χ0v) is 15.9. The third-order valence-electron chi connectivity index (χ3n) is 4.13. The lowest BCUT2D eigenvalue weighted by molar-refractivity contribution is -0.384. The second-order valence-corrected chi connectivity index (χ2v) is 7.77. The molecular weight excluding hydrogens is 394 g/mol. The second kappa shape index (κ2) is 8.53. The summed E-state index contributed by atoms with van der Waals surface area (Å²) in [6.07, 6.45) is 0. The molecule has 3 rings (SSSR count). The molecule has 2 amide bonds. The van der Waals surface area contributed by atoms with Gasteiger partial charge in [-0.2, -0.15) is 0 Å². The Morgan fingerprint density at radius 1 is 0.828 bits per heavy atom. The van der Waals surface area contributed by atoms with Crippen LogP contribution in [-0.2, 0) is 10.0 Å². The summed E-state index contributed by atoms with van der Waals surface area (Å²) in [6, 6.07) is 21.0. The third-order valence-corrected chi connectivity index (χ3v) is 5.47. The largest absolute Gasteiger partial charge is 0.329 e. The number of rotatable bonds is 6. The van der Waals surface area contributed by atoms with Gasteiger partial charge < -0.3 is 5.32 Å². The molecule has 3 aromatic carbocycles. The number of benzene rings is 3. The number of nitrogens with one attached hydrogen (secondary N) is 2. The van der Waals surface area contributed by atoms with Crippen LogP contribution >= 0.6 is 0 Å². The van der Waals surface area contributed by atoms with E-state index in [1.165, 1.54) is 0 Å². The topological polar surface area (TPSA) is 118 Å². The number of urea groups is 1. The molecule has 3 aromatic rings. The summed E-state index contributed by atoms with van der Waals surface area (Å²) in [5.41, 5.74) is 1.31.